The van der Waals surface area contributed by atoms with Crippen LogP contribution < -0.4 is 4.74 Å². The van der Waals surface area contributed by atoms with Crippen molar-refractivity contribution in [3.63, 3.8) is 0 Å². The van der Waals surface area contributed by atoms with Crippen LogP contribution in [0.3, 0.4) is 0 Å². The van der Waals surface area contributed by atoms with Crippen LogP contribution in [0.15, 0.2) is 65.5 Å². The largest absolute Gasteiger partial charge is 0.493 e. The minimum Gasteiger partial charge on any atom is -0.493 e. The molecule has 0 saturated heterocycles. The molecular formula is C28H28F3N3O3. The molecule has 4 rings (SSSR count). The predicted octanol–water partition coefficient (Wildman–Crippen LogP) is 6.12. The number of nitrogens with zero attached hydrogens (tertiary/aromatic N) is 3. The second kappa shape index (κ2) is 11.9. The molecule has 0 aliphatic carbocycles. The SMILES string of the molecule is Cc1cc(CCc2coc(/C=C/c3ccc(C(F)(F)F)cc3)n2)ccc1OCCCn1ccnc1CO. The van der Waals surface area contributed by atoms with Gasteiger partial charge in [-0.15, -0.1) is 0 Å². The molecule has 2 aromatic heterocycles. The van der Waals surface area contributed by atoms with Crippen molar-refractivity contribution in [2.24, 2.45) is 0 Å². The Morgan fingerprint density at radius 3 is 2.62 bits per heavy atom. The third-order valence-corrected chi connectivity index (χ3v) is 5.88. The number of aryl methyl sites for hydroxylation is 4. The Morgan fingerprint density at radius 1 is 1.08 bits per heavy atom. The van der Waals surface area contributed by atoms with Gasteiger partial charge in [-0.2, -0.15) is 13.2 Å². The number of aliphatic hydroxyl groups is 1. The quantitative estimate of drug-likeness (QED) is 0.246. The van der Waals surface area contributed by atoms with E-state index < -0.39 is 11.7 Å². The number of rotatable bonds is 11. The lowest BCUT2D eigenvalue weighted by molar-refractivity contribution is -0.137. The van der Waals surface area contributed by atoms with E-state index in [0.717, 1.165) is 54.1 Å². The zero-order valence-corrected chi connectivity index (χ0v) is 20.4. The van der Waals surface area contributed by atoms with Crippen LogP contribution >= 0.6 is 0 Å². The van der Waals surface area contributed by atoms with E-state index in [1.165, 1.54) is 12.1 Å². The van der Waals surface area contributed by atoms with Crippen LogP contribution in [0.2, 0.25) is 0 Å². The van der Waals surface area contributed by atoms with E-state index in [4.69, 9.17) is 9.15 Å². The smallest absolute Gasteiger partial charge is 0.416 e. The highest BCUT2D eigenvalue weighted by molar-refractivity contribution is 5.66. The zero-order chi connectivity index (χ0) is 26.3. The summed E-state index contributed by atoms with van der Waals surface area (Å²) in [6, 6.07) is 11.0. The Hall–Kier alpha value is -3.85. The van der Waals surface area contributed by atoms with Gasteiger partial charge in [-0.05, 0) is 67.2 Å². The van der Waals surface area contributed by atoms with Gasteiger partial charge in [0.15, 0.2) is 0 Å². The molecular weight excluding hydrogens is 483 g/mol. The van der Waals surface area contributed by atoms with Gasteiger partial charge in [0.2, 0.25) is 5.89 Å². The Labute approximate surface area is 213 Å². The number of aliphatic hydroxyl groups excluding tert-OH is 1. The molecule has 0 unspecified atom stereocenters. The zero-order valence-electron chi connectivity index (χ0n) is 20.4. The van der Waals surface area contributed by atoms with Gasteiger partial charge in [0, 0.05) is 25.0 Å². The highest BCUT2D eigenvalue weighted by Crippen LogP contribution is 2.29. The first-order valence-corrected chi connectivity index (χ1v) is 11.9. The summed E-state index contributed by atoms with van der Waals surface area (Å²) in [6.45, 7) is 3.22. The van der Waals surface area contributed by atoms with Crippen LogP contribution in [0.1, 0.15) is 46.1 Å². The molecule has 0 fully saturated rings. The van der Waals surface area contributed by atoms with Crippen LogP contribution in [0.4, 0.5) is 13.2 Å². The van der Waals surface area contributed by atoms with Crippen molar-refractivity contribution in [2.45, 2.75) is 45.5 Å². The van der Waals surface area contributed by atoms with E-state index in [2.05, 4.69) is 16.0 Å². The molecule has 0 bridgehead atoms. The fourth-order valence-corrected chi connectivity index (χ4v) is 3.88. The minimum absolute atomic E-state index is 0.0798. The lowest BCUT2D eigenvalue weighted by Gasteiger charge is -2.11. The molecule has 2 aromatic carbocycles. The molecule has 0 aliphatic heterocycles. The number of benzene rings is 2. The average molecular weight is 512 g/mol. The van der Waals surface area contributed by atoms with E-state index in [0.29, 0.717) is 30.3 Å². The maximum atomic E-state index is 12.7. The number of hydrogen-bond donors (Lipinski definition) is 1. The second-order valence-electron chi connectivity index (χ2n) is 8.63. The van der Waals surface area contributed by atoms with Crippen LogP contribution in [0.25, 0.3) is 12.2 Å². The normalized spacial score (nSPS) is 11.9. The van der Waals surface area contributed by atoms with E-state index >= 15 is 0 Å². The molecule has 0 spiro atoms. The summed E-state index contributed by atoms with van der Waals surface area (Å²) >= 11 is 0. The number of hydrogen-bond acceptors (Lipinski definition) is 5. The summed E-state index contributed by atoms with van der Waals surface area (Å²) in [5.74, 6) is 1.89. The van der Waals surface area contributed by atoms with E-state index in [-0.39, 0.29) is 6.61 Å². The Morgan fingerprint density at radius 2 is 1.89 bits per heavy atom. The molecule has 194 valence electrons. The summed E-state index contributed by atoms with van der Waals surface area (Å²) in [5, 5.41) is 9.26. The van der Waals surface area contributed by atoms with Crippen LogP contribution in [0, 0.1) is 6.92 Å². The van der Waals surface area contributed by atoms with Crippen LogP contribution in [-0.2, 0) is 32.2 Å². The summed E-state index contributed by atoms with van der Waals surface area (Å²) in [6.07, 6.45) is 6.34. The molecule has 1 N–H and O–H groups in total. The molecule has 4 aromatic rings. The maximum absolute atomic E-state index is 12.7. The topological polar surface area (TPSA) is 73.3 Å². The fourth-order valence-electron chi connectivity index (χ4n) is 3.88. The van der Waals surface area contributed by atoms with Crippen LogP contribution in [0.5, 0.6) is 5.75 Å². The van der Waals surface area contributed by atoms with Gasteiger partial charge in [-0.25, -0.2) is 9.97 Å². The third-order valence-electron chi connectivity index (χ3n) is 5.88. The van der Waals surface area contributed by atoms with Gasteiger partial charge < -0.3 is 18.8 Å². The lowest BCUT2D eigenvalue weighted by atomic mass is 10.1. The molecule has 0 radical (unpaired) electrons. The third kappa shape index (κ3) is 7.33. The number of imidazole rings is 1. The molecule has 9 heteroatoms. The molecule has 2 heterocycles. The van der Waals surface area contributed by atoms with Crippen molar-refractivity contribution in [3.8, 4) is 5.75 Å². The lowest BCUT2D eigenvalue weighted by Crippen LogP contribution is -2.07. The maximum Gasteiger partial charge on any atom is 0.416 e. The predicted molar refractivity (Wildman–Crippen MR) is 134 cm³/mol. The average Bonchev–Trinajstić information content (AvgIpc) is 3.54. The number of alkyl halides is 3. The Bertz CT molecular complexity index is 1320. The first-order valence-electron chi connectivity index (χ1n) is 11.9. The molecule has 0 amide bonds. The minimum atomic E-state index is -4.35. The van der Waals surface area contributed by atoms with Crippen molar-refractivity contribution < 1.29 is 27.4 Å². The monoisotopic (exact) mass is 511 g/mol. The van der Waals surface area contributed by atoms with Crippen LogP contribution in [-0.4, -0.2) is 26.2 Å². The van der Waals surface area contributed by atoms with E-state index in [1.807, 2.05) is 29.8 Å². The number of oxazole rings is 1. The van der Waals surface area contributed by atoms with Crippen molar-refractivity contribution >= 4 is 12.2 Å². The number of aromatic nitrogens is 3. The standard InChI is InChI=1S/C28H28F3N3O3/c1-20-17-22(6-11-25(20)36-16-2-14-34-15-13-32-26(34)18-35)5-10-24-19-37-27(33-24)12-7-21-3-8-23(9-4-21)28(29,30)31/h3-4,6-9,11-13,15,17,19,35H,2,5,10,14,16,18H2,1H3/b12-7+. The molecule has 0 saturated carbocycles. The van der Waals surface area contributed by atoms with Gasteiger partial charge in [0.1, 0.15) is 24.4 Å². The summed E-state index contributed by atoms with van der Waals surface area (Å²) in [5.41, 5.74) is 2.95. The van der Waals surface area contributed by atoms with Gasteiger partial charge in [0.25, 0.3) is 0 Å². The first kappa shape index (κ1) is 26.2. The molecule has 6 nitrogen and oxygen atoms in total. The highest BCUT2D eigenvalue weighted by Gasteiger charge is 2.29. The van der Waals surface area contributed by atoms with Crippen molar-refractivity contribution in [3.05, 3.63) is 101 Å². The summed E-state index contributed by atoms with van der Waals surface area (Å²) in [7, 11) is 0. The Kier molecular flexibility index (Phi) is 8.45. The Balaban J connectivity index is 1.24. The van der Waals surface area contributed by atoms with Gasteiger partial charge in [0.05, 0.1) is 17.9 Å². The highest BCUT2D eigenvalue weighted by atomic mass is 19.4. The van der Waals surface area contributed by atoms with Gasteiger partial charge >= 0.3 is 6.18 Å². The van der Waals surface area contributed by atoms with Gasteiger partial charge in [-0.1, -0.05) is 24.3 Å². The first-order chi connectivity index (χ1) is 17.8. The fraction of sp³-hybridized carbons (Fsp3) is 0.286. The number of ether oxygens (including phenoxy) is 1. The van der Waals surface area contributed by atoms with E-state index in [1.54, 1.807) is 24.6 Å². The van der Waals surface area contributed by atoms with E-state index in [9.17, 15) is 18.3 Å². The van der Waals surface area contributed by atoms with Crippen molar-refractivity contribution in [1.82, 2.24) is 14.5 Å². The second-order valence-corrected chi connectivity index (χ2v) is 8.63. The molecule has 37 heavy (non-hydrogen) atoms. The van der Waals surface area contributed by atoms with Crippen molar-refractivity contribution in [2.75, 3.05) is 6.61 Å². The molecule has 0 atom stereocenters. The molecule has 0 aliphatic rings. The van der Waals surface area contributed by atoms with Gasteiger partial charge in [-0.3, -0.25) is 0 Å². The summed E-state index contributed by atoms with van der Waals surface area (Å²) < 4.78 is 51.4. The summed E-state index contributed by atoms with van der Waals surface area (Å²) in [4.78, 5) is 8.53. The number of halogens is 3. The van der Waals surface area contributed by atoms with Crippen molar-refractivity contribution in [1.29, 1.82) is 0 Å².